The molecule has 0 bridgehead atoms. The number of methoxy groups -OCH3 is 2. The molecular weight excluding hydrogens is 370 g/mol. The zero-order valence-corrected chi connectivity index (χ0v) is 17.4. The maximum absolute atomic E-state index is 12.5. The van der Waals surface area contributed by atoms with Gasteiger partial charge in [0.1, 0.15) is 25.4 Å². The predicted molar refractivity (Wildman–Crippen MR) is 112 cm³/mol. The average molecular weight is 398 g/mol. The highest BCUT2D eigenvalue weighted by Gasteiger charge is 2.14. The number of hydrogen-bond acceptors (Lipinski definition) is 5. The number of rotatable bonds is 9. The van der Waals surface area contributed by atoms with Gasteiger partial charge in [-0.1, -0.05) is 17.7 Å². The smallest absolute Gasteiger partial charge is 0.259 e. The fraction of sp³-hybridized carbons (Fsp3) is 0.364. The number of aryl methyl sites for hydroxylation is 1. The van der Waals surface area contributed by atoms with Crippen LogP contribution in [-0.2, 0) is 6.54 Å². The van der Waals surface area contributed by atoms with Crippen molar-refractivity contribution in [3.63, 3.8) is 0 Å². The Morgan fingerprint density at radius 1 is 1.07 bits per heavy atom. The standard InChI is InChI=1S/C22H27N3O4/c1-5-25(10-11-29-16-8-6-15(2)7-9-16)14-21-23-18-13-20(28-4)19(27-3)12-17(18)22(26)24-21/h6-9,12-13H,5,10-11,14H2,1-4H3,(H,23,24,26)/p+1. The molecule has 3 rings (SSSR count). The second-order valence-electron chi connectivity index (χ2n) is 6.93. The van der Waals surface area contributed by atoms with E-state index in [0.29, 0.717) is 41.4 Å². The molecule has 1 heterocycles. The minimum atomic E-state index is -0.183. The quantitative estimate of drug-likeness (QED) is 0.574. The van der Waals surface area contributed by atoms with E-state index < -0.39 is 0 Å². The van der Waals surface area contributed by atoms with Crippen molar-refractivity contribution < 1.29 is 19.1 Å². The van der Waals surface area contributed by atoms with Crippen molar-refractivity contribution in [2.45, 2.75) is 20.4 Å². The minimum Gasteiger partial charge on any atom is -0.493 e. The summed E-state index contributed by atoms with van der Waals surface area (Å²) in [6.07, 6.45) is 0. The molecule has 1 unspecified atom stereocenters. The van der Waals surface area contributed by atoms with Gasteiger partial charge in [-0.15, -0.1) is 0 Å². The summed E-state index contributed by atoms with van der Waals surface area (Å²) in [6.45, 7) is 7.05. The topological polar surface area (TPSA) is 77.9 Å². The van der Waals surface area contributed by atoms with Crippen LogP contribution in [0.15, 0.2) is 41.2 Å². The molecule has 154 valence electrons. The lowest BCUT2D eigenvalue weighted by Gasteiger charge is -2.17. The van der Waals surface area contributed by atoms with Gasteiger partial charge >= 0.3 is 0 Å². The number of quaternary nitrogens is 1. The van der Waals surface area contributed by atoms with Gasteiger partial charge in [0.05, 0.1) is 31.7 Å². The Hall–Kier alpha value is -3.06. The monoisotopic (exact) mass is 398 g/mol. The normalized spacial score (nSPS) is 12.0. The highest BCUT2D eigenvalue weighted by atomic mass is 16.5. The van der Waals surface area contributed by atoms with E-state index in [1.54, 1.807) is 26.4 Å². The van der Waals surface area contributed by atoms with Crippen molar-refractivity contribution in [3.8, 4) is 17.2 Å². The van der Waals surface area contributed by atoms with Crippen molar-refractivity contribution in [2.75, 3.05) is 33.9 Å². The summed E-state index contributed by atoms with van der Waals surface area (Å²) in [4.78, 5) is 21.3. The number of ether oxygens (including phenoxy) is 3. The van der Waals surface area contributed by atoms with Gasteiger partial charge < -0.3 is 24.1 Å². The Morgan fingerprint density at radius 3 is 2.41 bits per heavy atom. The SMILES string of the molecule is CC[NH+](CCOc1ccc(C)cc1)Cc1nc2cc(OC)c(OC)cc2c(=O)[nH]1. The molecule has 29 heavy (non-hydrogen) atoms. The molecule has 0 aliphatic carbocycles. The number of nitrogens with one attached hydrogen (secondary N) is 2. The molecule has 3 aromatic rings. The number of nitrogens with zero attached hydrogens (tertiary/aromatic N) is 1. The summed E-state index contributed by atoms with van der Waals surface area (Å²) in [5, 5.41) is 0.479. The molecule has 1 atom stereocenters. The molecule has 0 radical (unpaired) electrons. The first kappa shape index (κ1) is 20.7. The lowest BCUT2D eigenvalue weighted by atomic mass is 10.2. The fourth-order valence-electron chi connectivity index (χ4n) is 3.17. The summed E-state index contributed by atoms with van der Waals surface area (Å²) >= 11 is 0. The van der Waals surface area contributed by atoms with Gasteiger partial charge in [-0.25, -0.2) is 4.98 Å². The number of H-pyrrole nitrogens is 1. The molecule has 7 nitrogen and oxygen atoms in total. The van der Waals surface area contributed by atoms with Crippen LogP contribution in [0, 0.1) is 6.92 Å². The van der Waals surface area contributed by atoms with Crippen LogP contribution >= 0.6 is 0 Å². The predicted octanol–water partition coefficient (Wildman–Crippen LogP) is 1.73. The van der Waals surface area contributed by atoms with Gasteiger partial charge in [-0.3, -0.25) is 4.79 Å². The first-order valence-corrected chi connectivity index (χ1v) is 9.72. The molecule has 1 aromatic heterocycles. The van der Waals surface area contributed by atoms with Crippen LogP contribution in [0.25, 0.3) is 10.9 Å². The van der Waals surface area contributed by atoms with E-state index in [0.717, 1.165) is 18.8 Å². The van der Waals surface area contributed by atoms with Crippen molar-refractivity contribution >= 4 is 10.9 Å². The first-order valence-electron chi connectivity index (χ1n) is 9.72. The summed E-state index contributed by atoms with van der Waals surface area (Å²) in [5.74, 6) is 2.57. The number of aromatic nitrogens is 2. The average Bonchev–Trinajstić information content (AvgIpc) is 2.73. The number of benzene rings is 2. The van der Waals surface area contributed by atoms with Gasteiger partial charge in [0.15, 0.2) is 17.3 Å². The minimum absolute atomic E-state index is 0.183. The van der Waals surface area contributed by atoms with Crippen LogP contribution in [0.5, 0.6) is 17.2 Å². The molecule has 0 amide bonds. The largest absolute Gasteiger partial charge is 0.493 e. The molecule has 0 fully saturated rings. The molecule has 0 aliphatic heterocycles. The Labute approximate surface area is 170 Å². The van der Waals surface area contributed by atoms with E-state index in [2.05, 4.69) is 23.8 Å². The van der Waals surface area contributed by atoms with Crippen LogP contribution < -0.4 is 24.7 Å². The maximum Gasteiger partial charge on any atom is 0.259 e. The van der Waals surface area contributed by atoms with E-state index in [4.69, 9.17) is 14.2 Å². The Morgan fingerprint density at radius 2 is 1.76 bits per heavy atom. The lowest BCUT2D eigenvalue weighted by molar-refractivity contribution is -0.912. The van der Waals surface area contributed by atoms with Gasteiger partial charge in [0, 0.05) is 6.07 Å². The molecule has 0 spiro atoms. The molecular formula is C22H28N3O4+. The van der Waals surface area contributed by atoms with Crippen LogP contribution in [-0.4, -0.2) is 43.9 Å². The Bertz CT molecular complexity index is 1010. The highest BCUT2D eigenvalue weighted by Crippen LogP contribution is 2.29. The van der Waals surface area contributed by atoms with Crippen LogP contribution in [0.2, 0.25) is 0 Å². The molecule has 0 saturated carbocycles. The molecule has 0 saturated heterocycles. The number of hydrogen-bond donors (Lipinski definition) is 2. The third-order valence-corrected chi connectivity index (χ3v) is 4.92. The van der Waals surface area contributed by atoms with Gasteiger partial charge in [0.2, 0.25) is 0 Å². The van der Waals surface area contributed by atoms with Crippen molar-refractivity contribution in [2.24, 2.45) is 0 Å². The summed E-state index contributed by atoms with van der Waals surface area (Å²) in [5.41, 5.74) is 1.61. The molecule has 7 heteroatoms. The van der Waals surface area contributed by atoms with Gasteiger partial charge in [0.25, 0.3) is 5.56 Å². The van der Waals surface area contributed by atoms with E-state index >= 15 is 0 Å². The number of likely N-dealkylation sites (N-methyl/N-ethyl adjacent to an activating group) is 1. The lowest BCUT2D eigenvalue weighted by Crippen LogP contribution is -3.11. The van der Waals surface area contributed by atoms with Gasteiger partial charge in [-0.05, 0) is 32.0 Å². The van der Waals surface area contributed by atoms with Crippen molar-refractivity contribution in [1.82, 2.24) is 9.97 Å². The second kappa shape index (κ2) is 9.43. The summed E-state index contributed by atoms with van der Waals surface area (Å²) in [7, 11) is 3.11. The summed E-state index contributed by atoms with van der Waals surface area (Å²) in [6, 6.07) is 11.4. The molecule has 2 N–H and O–H groups in total. The van der Waals surface area contributed by atoms with Crippen LogP contribution in [0.3, 0.4) is 0 Å². The van der Waals surface area contributed by atoms with Crippen molar-refractivity contribution in [1.29, 1.82) is 0 Å². The van der Waals surface area contributed by atoms with E-state index in [-0.39, 0.29) is 5.56 Å². The third kappa shape index (κ3) is 5.06. The maximum atomic E-state index is 12.5. The van der Waals surface area contributed by atoms with Gasteiger partial charge in [-0.2, -0.15) is 0 Å². The molecule has 2 aromatic carbocycles. The highest BCUT2D eigenvalue weighted by molar-refractivity contribution is 5.81. The Kier molecular flexibility index (Phi) is 6.72. The molecule has 0 aliphatic rings. The third-order valence-electron chi connectivity index (χ3n) is 4.92. The number of aromatic amines is 1. The Balaban J connectivity index is 1.71. The second-order valence-corrected chi connectivity index (χ2v) is 6.93. The first-order chi connectivity index (χ1) is 14.0. The zero-order valence-electron chi connectivity index (χ0n) is 17.4. The van der Waals surface area contributed by atoms with Crippen molar-refractivity contribution in [3.05, 3.63) is 58.1 Å². The van der Waals surface area contributed by atoms with Crippen LogP contribution in [0.1, 0.15) is 18.3 Å². The van der Waals surface area contributed by atoms with E-state index in [9.17, 15) is 4.79 Å². The van der Waals surface area contributed by atoms with Crippen LogP contribution in [0.4, 0.5) is 0 Å². The summed E-state index contributed by atoms with van der Waals surface area (Å²) < 4.78 is 16.4. The zero-order chi connectivity index (χ0) is 20.8. The van der Waals surface area contributed by atoms with E-state index in [1.165, 1.54) is 10.5 Å². The fourth-order valence-corrected chi connectivity index (χ4v) is 3.17. The number of fused-ring (bicyclic) bond motifs is 1. The van der Waals surface area contributed by atoms with E-state index in [1.807, 2.05) is 24.3 Å².